The van der Waals surface area contributed by atoms with Crippen molar-refractivity contribution in [2.45, 2.75) is 25.3 Å². The number of allylic oxidation sites excluding steroid dienone is 1. The van der Waals surface area contributed by atoms with Gasteiger partial charge in [-0.15, -0.1) is 12.4 Å². The van der Waals surface area contributed by atoms with E-state index in [4.69, 9.17) is 17.3 Å². The molecule has 0 aliphatic rings. The van der Waals surface area contributed by atoms with Crippen LogP contribution < -0.4 is 5.73 Å². The van der Waals surface area contributed by atoms with E-state index in [-0.39, 0.29) is 40.9 Å². The van der Waals surface area contributed by atoms with Crippen LogP contribution >= 0.6 is 24.0 Å². The van der Waals surface area contributed by atoms with E-state index in [1.54, 1.807) is 25.1 Å². The molecule has 2 aromatic carbocycles. The molecule has 0 aliphatic carbocycles. The SMILES string of the molecule is Cc1ccc(S(=O)(=O)N(C)C)cc1-c1c(C)n(C/C(F)=C/CN)c2c(F)cc(Cl)cc12.Cl. The van der Waals surface area contributed by atoms with Gasteiger partial charge in [-0.1, -0.05) is 17.7 Å². The highest BCUT2D eigenvalue weighted by molar-refractivity contribution is 7.89. The lowest BCUT2D eigenvalue weighted by Gasteiger charge is -2.14. The maximum atomic E-state index is 15.0. The molecule has 0 radical (unpaired) electrons. The standard InChI is InChI=1S/C22H24ClF2N3O2S.ClH/c1-13-5-6-17(31(29,30)27(3)4)11-18(13)21-14(2)28(12-16(24)7-8-26)22-19(21)9-15(23)10-20(22)25;/h5-7,9-11H,8,12,26H2,1-4H3;1H/b16-7-;. The molecule has 0 atom stereocenters. The van der Waals surface area contributed by atoms with Crippen LogP contribution in [0.2, 0.25) is 5.02 Å². The molecule has 3 rings (SSSR count). The van der Waals surface area contributed by atoms with E-state index in [2.05, 4.69) is 0 Å². The van der Waals surface area contributed by atoms with E-state index in [0.717, 1.165) is 9.87 Å². The van der Waals surface area contributed by atoms with Crippen LogP contribution in [0.15, 0.2) is 47.1 Å². The number of rotatable bonds is 6. The number of fused-ring (bicyclic) bond motifs is 1. The summed E-state index contributed by atoms with van der Waals surface area (Å²) in [5.41, 5.74) is 8.18. The van der Waals surface area contributed by atoms with E-state index < -0.39 is 21.7 Å². The first-order valence-electron chi connectivity index (χ1n) is 9.55. The molecular formula is C22H25Cl2F2N3O2S. The second kappa shape index (κ2) is 9.89. The highest BCUT2D eigenvalue weighted by Gasteiger charge is 2.24. The maximum absolute atomic E-state index is 15.0. The minimum atomic E-state index is -3.68. The molecule has 3 aromatic rings. The van der Waals surface area contributed by atoms with Crippen molar-refractivity contribution in [3.05, 3.63) is 64.3 Å². The van der Waals surface area contributed by atoms with Crippen LogP contribution in [0.1, 0.15) is 11.3 Å². The third kappa shape index (κ3) is 4.70. The fourth-order valence-corrected chi connectivity index (χ4v) is 4.78. The molecule has 0 aliphatic heterocycles. The predicted octanol–water partition coefficient (Wildman–Crippen LogP) is 5.20. The Balaban J connectivity index is 0.00000363. The zero-order valence-electron chi connectivity index (χ0n) is 18.1. The number of halogens is 4. The van der Waals surface area contributed by atoms with Crippen molar-refractivity contribution in [3.63, 3.8) is 0 Å². The Morgan fingerprint density at radius 3 is 2.47 bits per heavy atom. The van der Waals surface area contributed by atoms with Crippen molar-refractivity contribution in [2.75, 3.05) is 20.6 Å². The quantitative estimate of drug-likeness (QED) is 0.502. The van der Waals surface area contributed by atoms with Gasteiger partial charge in [0.05, 0.1) is 17.0 Å². The molecule has 1 aromatic heterocycles. The maximum Gasteiger partial charge on any atom is 0.242 e. The van der Waals surface area contributed by atoms with Crippen molar-refractivity contribution in [2.24, 2.45) is 5.73 Å². The summed E-state index contributed by atoms with van der Waals surface area (Å²) in [5.74, 6) is -1.09. The summed E-state index contributed by atoms with van der Waals surface area (Å²) in [4.78, 5) is 0.107. The number of hydrogen-bond donors (Lipinski definition) is 1. The van der Waals surface area contributed by atoms with Gasteiger partial charge >= 0.3 is 0 Å². The number of nitrogens with two attached hydrogens (primary N) is 1. The first-order chi connectivity index (χ1) is 14.5. The normalized spacial score (nSPS) is 12.5. The van der Waals surface area contributed by atoms with Gasteiger partial charge < -0.3 is 10.3 Å². The molecule has 0 spiro atoms. The zero-order chi connectivity index (χ0) is 23.1. The number of aryl methyl sites for hydroxylation is 1. The van der Waals surface area contributed by atoms with Crippen LogP contribution in [0.25, 0.3) is 22.0 Å². The van der Waals surface area contributed by atoms with Gasteiger partial charge in [-0.05, 0) is 55.3 Å². The van der Waals surface area contributed by atoms with Gasteiger partial charge in [0, 0.05) is 42.3 Å². The Morgan fingerprint density at radius 2 is 1.88 bits per heavy atom. The molecule has 1 heterocycles. The summed E-state index contributed by atoms with van der Waals surface area (Å²) in [6.07, 6.45) is 1.23. The van der Waals surface area contributed by atoms with Crippen molar-refractivity contribution in [1.29, 1.82) is 0 Å². The third-order valence-electron chi connectivity index (χ3n) is 5.24. The smallest absolute Gasteiger partial charge is 0.242 e. The van der Waals surface area contributed by atoms with Crippen molar-refractivity contribution >= 4 is 44.9 Å². The number of benzene rings is 2. The molecule has 174 valence electrons. The van der Waals surface area contributed by atoms with Gasteiger partial charge in [0.2, 0.25) is 10.0 Å². The zero-order valence-corrected chi connectivity index (χ0v) is 20.5. The summed E-state index contributed by atoms with van der Waals surface area (Å²) < 4.78 is 57.3. The van der Waals surface area contributed by atoms with Crippen molar-refractivity contribution in [1.82, 2.24) is 8.87 Å². The van der Waals surface area contributed by atoms with Gasteiger partial charge in [0.25, 0.3) is 0 Å². The fraction of sp³-hybridized carbons (Fsp3) is 0.273. The van der Waals surface area contributed by atoms with Gasteiger partial charge in [0.15, 0.2) is 0 Å². The van der Waals surface area contributed by atoms with Crippen molar-refractivity contribution < 1.29 is 17.2 Å². The van der Waals surface area contributed by atoms with Crippen molar-refractivity contribution in [3.8, 4) is 11.1 Å². The lowest BCUT2D eigenvalue weighted by molar-refractivity contribution is 0.521. The second-order valence-electron chi connectivity index (χ2n) is 7.48. The Hall–Kier alpha value is -1.97. The number of hydrogen-bond acceptors (Lipinski definition) is 3. The summed E-state index contributed by atoms with van der Waals surface area (Å²) in [6.45, 7) is 3.40. The lowest BCUT2D eigenvalue weighted by Crippen LogP contribution is -2.22. The van der Waals surface area contributed by atoms with Crippen LogP contribution in [-0.2, 0) is 16.6 Å². The third-order valence-corrected chi connectivity index (χ3v) is 7.27. The summed E-state index contributed by atoms with van der Waals surface area (Å²) in [6, 6.07) is 7.57. The monoisotopic (exact) mass is 503 g/mol. The van der Waals surface area contributed by atoms with Gasteiger partial charge in [-0.25, -0.2) is 21.5 Å². The van der Waals surface area contributed by atoms with E-state index in [1.807, 2.05) is 6.92 Å². The van der Waals surface area contributed by atoms with E-state index >= 15 is 0 Å². The van der Waals surface area contributed by atoms with E-state index in [1.165, 1.54) is 36.9 Å². The molecule has 32 heavy (non-hydrogen) atoms. The molecular weight excluding hydrogens is 479 g/mol. The Bertz CT molecular complexity index is 1300. The molecule has 0 amide bonds. The van der Waals surface area contributed by atoms with Crippen LogP contribution in [0, 0.1) is 19.7 Å². The number of nitrogens with zero attached hydrogens (tertiary/aromatic N) is 2. The predicted molar refractivity (Wildman–Crippen MR) is 128 cm³/mol. The first-order valence-corrected chi connectivity index (χ1v) is 11.4. The van der Waals surface area contributed by atoms with Gasteiger partial charge in [-0.2, -0.15) is 0 Å². The Morgan fingerprint density at radius 1 is 1.22 bits per heavy atom. The lowest BCUT2D eigenvalue weighted by atomic mass is 9.98. The van der Waals surface area contributed by atoms with E-state index in [0.29, 0.717) is 22.2 Å². The average molecular weight is 504 g/mol. The van der Waals surface area contributed by atoms with Gasteiger partial charge in [0.1, 0.15) is 11.6 Å². The highest BCUT2D eigenvalue weighted by Crippen LogP contribution is 2.40. The summed E-state index contributed by atoms with van der Waals surface area (Å²) in [7, 11) is -0.779. The molecule has 2 N–H and O–H groups in total. The Kier molecular flexibility index (Phi) is 8.12. The minimum absolute atomic E-state index is 0. The Labute approximate surface area is 197 Å². The first kappa shape index (κ1) is 26.3. The second-order valence-corrected chi connectivity index (χ2v) is 10.1. The van der Waals surface area contributed by atoms with Gasteiger partial charge in [-0.3, -0.25) is 0 Å². The fourth-order valence-electron chi connectivity index (χ4n) is 3.65. The largest absolute Gasteiger partial charge is 0.335 e. The van der Waals surface area contributed by atoms with Crippen LogP contribution in [0.5, 0.6) is 0 Å². The van der Waals surface area contributed by atoms with E-state index in [9.17, 15) is 17.2 Å². The number of aromatic nitrogens is 1. The molecule has 0 unspecified atom stereocenters. The van der Waals surface area contributed by atoms with Crippen LogP contribution in [0.4, 0.5) is 8.78 Å². The van der Waals surface area contributed by atoms with Crippen LogP contribution in [-0.4, -0.2) is 37.9 Å². The summed E-state index contributed by atoms with van der Waals surface area (Å²) in [5, 5.41) is 0.668. The minimum Gasteiger partial charge on any atom is -0.335 e. The van der Waals surface area contributed by atoms with Crippen LogP contribution in [0.3, 0.4) is 0 Å². The molecule has 0 fully saturated rings. The summed E-state index contributed by atoms with van der Waals surface area (Å²) >= 11 is 6.13. The molecule has 5 nitrogen and oxygen atoms in total. The topological polar surface area (TPSA) is 68.3 Å². The molecule has 0 saturated heterocycles. The molecule has 0 saturated carbocycles. The number of sulfonamides is 1. The average Bonchev–Trinajstić information content (AvgIpc) is 2.93. The molecule has 0 bridgehead atoms. The highest BCUT2D eigenvalue weighted by atomic mass is 35.5. The molecule has 10 heteroatoms.